The third kappa shape index (κ3) is 3.36. The molecule has 1 aromatic heterocycles. The lowest BCUT2D eigenvalue weighted by atomic mass is 9.89. The monoisotopic (exact) mass is 334 g/mol. The van der Waals surface area contributed by atoms with E-state index >= 15 is 0 Å². The lowest BCUT2D eigenvalue weighted by Gasteiger charge is -2.37. The molecular weight excluding hydrogens is 319 g/mol. The number of carbonyl (C=O) groups is 1. The van der Waals surface area contributed by atoms with Crippen molar-refractivity contribution >= 4 is 13.6 Å². The molecule has 22 heavy (non-hydrogen) atoms. The highest BCUT2D eigenvalue weighted by Crippen LogP contribution is 2.45. The summed E-state index contributed by atoms with van der Waals surface area (Å²) in [7, 11) is -4.92. The van der Waals surface area contributed by atoms with Gasteiger partial charge >= 0.3 is 19.3 Å². The predicted octanol–water partition coefficient (Wildman–Crippen LogP) is -0.846. The molecule has 1 fully saturated rings. The highest BCUT2D eigenvalue weighted by Gasteiger charge is 2.42. The summed E-state index contributed by atoms with van der Waals surface area (Å²) in [5.41, 5.74) is -0.729. The van der Waals surface area contributed by atoms with Crippen LogP contribution in [0.1, 0.15) is 24.4 Å². The number of carboxylic acids is 1. The lowest BCUT2D eigenvalue weighted by molar-refractivity contribution is -0.152. The van der Waals surface area contributed by atoms with Crippen molar-refractivity contribution < 1.29 is 29.0 Å². The number of nitrogens with zero attached hydrogens (tertiary/aromatic N) is 1. The molecule has 10 nitrogen and oxygen atoms in total. The second-order valence-corrected chi connectivity index (χ2v) is 6.79. The summed E-state index contributed by atoms with van der Waals surface area (Å²) in [4.78, 5) is 53.7. The number of nitrogens with one attached hydrogen (secondary N) is 1. The van der Waals surface area contributed by atoms with Crippen molar-refractivity contribution in [3.8, 4) is 0 Å². The molecule has 0 aromatic carbocycles. The molecule has 0 bridgehead atoms. The number of carboxylic acid groups (broad SMARTS) is 1. The number of hydrogen-bond donors (Lipinski definition) is 4. The first-order chi connectivity index (χ1) is 10.1. The van der Waals surface area contributed by atoms with Gasteiger partial charge in [-0.2, -0.15) is 0 Å². The van der Waals surface area contributed by atoms with E-state index in [1.807, 2.05) is 0 Å². The van der Waals surface area contributed by atoms with E-state index in [0.717, 1.165) is 0 Å². The standard InChI is InChI=1S/C11H15N2O8P/c1-5-4-13(11(17)12-8(5)14)6-2-7(3-6)21-10(9(15)16)22(18,19)20/h4,6-7,10H,2-3H2,1H3,(H,15,16)(H,12,14,17)(H2,18,19,20). The van der Waals surface area contributed by atoms with E-state index in [2.05, 4.69) is 4.98 Å². The van der Waals surface area contributed by atoms with Crippen molar-refractivity contribution in [3.63, 3.8) is 0 Å². The Morgan fingerprint density at radius 3 is 2.55 bits per heavy atom. The minimum atomic E-state index is -4.92. The molecule has 0 saturated heterocycles. The van der Waals surface area contributed by atoms with Crippen LogP contribution in [0.25, 0.3) is 0 Å². The van der Waals surface area contributed by atoms with Gasteiger partial charge in [-0.1, -0.05) is 0 Å². The third-order valence-corrected chi connectivity index (χ3v) is 4.40. The molecule has 0 spiro atoms. The number of aryl methyl sites for hydroxylation is 1. The van der Waals surface area contributed by atoms with Crippen molar-refractivity contribution in [1.29, 1.82) is 0 Å². The SMILES string of the molecule is Cc1cn(C2CC(OC(C(=O)O)P(=O)(O)O)C2)c(=O)[nH]c1=O. The molecule has 4 N–H and O–H groups in total. The zero-order valence-corrected chi connectivity index (χ0v) is 12.4. The Labute approximate surface area is 123 Å². The van der Waals surface area contributed by atoms with Crippen molar-refractivity contribution in [3.05, 3.63) is 32.6 Å². The van der Waals surface area contributed by atoms with Crippen molar-refractivity contribution in [2.45, 2.75) is 37.8 Å². The normalized spacial score (nSPS) is 22.9. The molecule has 11 heteroatoms. The zero-order valence-electron chi connectivity index (χ0n) is 11.5. The van der Waals surface area contributed by atoms with Crippen LogP contribution in [0.5, 0.6) is 0 Å². The molecule has 1 saturated carbocycles. The molecule has 1 aromatic rings. The van der Waals surface area contributed by atoms with Crippen molar-refractivity contribution in [2.24, 2.45) is 0 Å². The molecule has 1 unspecified atom stereocenters. The summed E-state index contributed by atoms with van der Waals surface area (Å²) in [5.74, 6) is -3.96. The van der Waals surface area contributed by atoms with Gasteiger partial charge in [0.05, 0.1) is 6.10 Å². The van der Waals surface area contributed by atoms with E-state index in [-0.39, 0.29) is 18.9 Å². The molecule has 1 aliphatic carbocycles. The molecule has 1 aliphatic rings. The molecule has 1 atom stereocenters. The van der Waals surface area contributed by atoms with Gasteiger partial charge in [0.25, 0.3) is 11.4 Å². The van der Waals surface area contributed by atoms with E-state index in [1.54, 1.807) is 0 Å². The average molecular weight is 334 g/mol. The van der Waals surface area contributed by atoms with E-state index < -0.39 is 36.8 Å². The van der Waals surface area contributed by atoms with Crippen LogP contribution in [0.3, 0.4) is 0 Å². The Hall–Kier alpha value is -1.74. The van der Waals surface area contributed by atoms with E-state index in [0.29, 0.717) is 5.56 Å². The van der Waals surface area contributed by atoms with Crippen LogP contribution in [0, 0.1) is 6.92 Å². The minimum Gasteiger partial charge on any atom is -0.479 e. The average Bonchev–Trinajstić information content (AvgIpc) is 2.31. The van der Waals surface area contributed by atoms with E-state index in [4.69, 9.17) is 19.6 Å². The quantitative estimate of drug-likeness (QED) is 0.507. The number of aromatic amines is 1. The van der Waals surface area contributed by atoms with Gasteiger partial charge in [-0.25, -0.2) is 9.59 Å². The molecule has 0 radical (unpaired) electrons. The largest absolute Gasteiger partial charge is 0.479 e. The van der Waals surface area contributed by atoms with Crippen LogP contribution >= 0.6 is 7.60 Å². The Kier molecular flexibility index (Phi) is 4.39. The second kappa shape index (κ2) is 5.81. The fourth-order valence-corrected chi connectivity index (χ4v) is 2.82. The fraction of sp³-hybridized carbons (Fsp3) is 0.545. The molecule has 2 rings (SSSR count). The molecule has 122 valence electrons. The van der Waals surface area contributed by atoms with Gasteiger partial charge in [0, 0.05) is 17.8 Å². The molecule has 0 amide bonds. The number of aromatic nitrogens is 2. The van der Waals surface area contributed by atoms with Crippen LogP contribution in [-0.2, 0) is 14.1 Å². The lowest BCUT2D eigenvalue weighted by Crippen LogP contribution is -2.43. The van der Waals surface area contributed by atoms with Gasteiger partial charge in [0.15, 0.2) is 0 Å². The number of aliphatic carboxylic acids is 1. The summed E-state index contributed by atoms with van der Waals surface area (Å²) in [6.45, 7) is 1.54. The molecule has 1 heterocycles. The van der Waals surface area contributed by atoms with Gasteiger partial charge in [0.2, 0.25) is 0 Å². The van der Waals surface area contributed by atoms with E-state index in [9.17, 15) is 18.9 Å². The maximum absolute atomic E-state index is 11.7. The summed E-state index contributed by atoms with van der Waals surface area (Å²) >= 11 is 0. The first kappa shape index (κ1) is 16.6. The van der Waals surface area contributed by atoms with Gasteiger partial charge in [-0.15, -0.1) is 0 Å². The summed E-state index contributed by atoms with van der Waals surface area (Å²) in [6.07, 6.45) is 1.14. The third-order valence-electron chi connectivity index (χ3n) is 3.45. The highest BCUT2D eigenvalue weighted by atomic mass is 31.2. The maximum Gasteiger partial charge on any atom is 0.365 e. The number of rotatable bonds is 5. The smallest absolute Gasteiger partial charge is 0.365 e. The van der Waals surface area contributed by atoms with Gasteiger partial charge in [0.1, 0.15) is 0 Å². The Balaban J connectivity index is 2.05. The van der Waals surface area contributed by atoms with Crippen LogP contribution in [0.2, 0.25) is 0 Å². The second-order valence-electron chi connectivity index (χ2n) is 5.14. The zero-order chi connectivity index (χ0) is 16.7. The van der Waals surface area contributed by atoms with Crippen molar-refractivity contribution in [2.75, 3.05) is 0 Å². The van der Waals surface area contributed by atoms with Gasteiger partial charge in [-0.3, -0.25) is 18.9 Å². The minimum absolute atomic E-state index is 0.217. The first-order valence-corrected chi connectivity index (χ1v) is 8.03. The number of H-pyrrole nitrogens is 1. The van der Waals surface area contributed by atoms with Crippen LogP contribution in [-0.4, -0.2) is 42.4 Å². The Bertz CT molecular complexity index is 741. The highest BCUT2D eigenvalue weighted by molar-refractivity contribution is 7.53. The number of ether oxygens (including phenoxy) is 1. The van der Waals surface area contributed by atoms with Gasteiger partial charge < -0.3 is 19.6 Å². The van der Waals surface area contributed by atoms with Crippen LogP contribution in [0.15, 0.2) is 15.8 Å². The Morgan fingerprint density at radius 2 is 2.05 bits per heavy atom. The molecular formula is C11H15N2O8P. The topological polar surface area (TPSA) is 159 Å². The van der Waals surface area contributed by atoms with E-state index in [1.165, 1.54) is 17.7 Å². The molecule has 0 aliphatic heterocycles. The first-order valence-electron chi connectivity index (χ1n) is 6.35. The number of hydrogen-bond acceptors (Lipinski definition) is 5. The van der Waals surface area contributed by atoms with Crippen molar-refractivity contribution in [1.82, 2.24) is 9.55 Å². The summed E-state index contributed by atoms with van der Waals surface area (Å²) in [5, 5.41) is 8.76. The summed E-state index contributed by atoms with van der Waals surface area (Å²) < 4.78 is 17.2. The van der Waals surface area contributed by atoms with Crippen LogP contribution in [0.4, 0.5) is 0 Å². The van der Waals surface area contributed by atoms with Gasteiger partial charge in [-0.05, 0) is 19.8 Å². The maximum atomic E-state index is 11.7. The summed E-state index contributed by atoms with van der Waals surface area (Å²) in [6, 6.07) is -0.320. The fourth-order valence-electron chi connectivity index (χ4n) is 2.20. The van der Waals surface area contributed by atoms with Crippen LogP contribution < -0.4 is 11.2 Å². The predicted molar refractivity (Wildman–Crippen MR) is 72.7 cm³/mol. The Morgan fingerprint density at radius 1 is 1.45 bits per heavy atom.